The molecule has 0 bridgehead atoms. The molecule has 0 radical (unpaired) electrons. The van der Waals surface area contributed by atoms with E-state index in [1.165, 1.54) is 19.3 Å². The second-order valence-electron chi connectivity index (χ2n) is 6.00. The average molecular weight is 270 g/mol. The standard InChI is InChI=1S/C16H22N4/c1-12-7-8-14(13(2)9-12)19-15-5-3-4-6-16(15)20-11-17-10-18-20/h3-6,10-14,19H,7-9H2,1-2H3. The number of anilines is 1. The Kier molecular flexibility index (Phi) is 3.72. The summed E-state index contributed by atoms with van der Waals surface area (Å²) in [4.78, 5) is 4.04. The fourth-order valence-corrected chi connectivity index (χ4v) is 3.21. The second-order valence-corrected chi connectivity index (χ2v) is 6.00. The van der Waals surface area contributed by atoms with E-state index in [0.29, 0.717) is 12.0 Å². The molecule has 4 heteroatoms. The van der Waals surface area contributed by atoms with Crippen molar-refractivity contribution in [2.24, 2.45) is 11.8 Å². The van der Waals surface area contributed by atoms with Crippen LogP contribution >= 0.6 is 0 Å². The van der Waals surface area contributed by atoms with Crippen LogP contribution in [0.4, 0.5) is 5.69 Å². The molecule has 3 rings (SSSR count). The van der Waals surface area contributed by atoms with Crippen molar-refractivity contribution < 1.29 is 0 Å². The molecule has 1 aromatic heterocycles. The first-order chi connectivity index (χ1) is 9.74. The minimum Gasteiger partial charge on any atom is -0.380 e. The summed E-state index contributed by atoms with van der Waals surface area (Å²) < 4.78 is 1.82. The van der Waals surface area contributed by atoms with Crippen LogP contribution in [0.5, 0.6) is 0 Å². The molecule has 0 amide bonds. The number of hydrogen-bond acceptors (Lipinski definition) is 3. The normalized spacial score (nSPS) is 26.4. The second kappa shape index (κ2) is 5.65. The largest absolute Gasteiger partial charge is 0.380 e. The van der Waals surface area contributed by atoms with E-state index in [0.717, 1.165) is 17.3 Å². The highest BCUT2D eigenvalue weighted by Gasteiger charge is 2.25. The molecule has 4 nitrogen and oxygen atoms in total. The zero-order chi connectivity index (χ0) is 13.9. The van der Waals surface area contributed by atoms with Gasteiger partial charge in [-0.1, -0.05) is 26.0 Å². The van der Waals surface area contributed by atoms with Crippen LogP contribution in [-0.4, -0.2) is 20.8 Å². The van der Waals surface area contributed by atoms with Crippen molar-refractivity contribution in [2.45, 2.75) is 39.2 Å². The lowest BCUT2D eigenvalue weighted by molar-refractivity contribution is 0.276. The molecule has 1 aliphatic rings. The smallest absolute Gasteiger partial charge is 0.138 e. The zero-order valence-electron chi connectivity index (χ0n) is 12.2. The van der Waals surface area contributed by atoms with Gasteiger partial charge in [0.15, 0.2) is 0 Å². The fourth-order valence-electron chi connectivity index (χ4n) is 3.21. The van der Waals surface area contributed by atoms with Gasteiger partial charge < -0.3 is 5.32 Å². The topological polar surface area (TPSA) is 42.7 Å². The molecule has 20 heavy (non-hydrogen) atoms. The number of hydrogen-bond donors (Lipinski definition) is 1. The Bertz CT molecular complexity index is 549. The van der Waals surface area contributed by atoms with Gasteiger partial charge >= 0.3 is 0 Å². The van der Waals surface area contributed by atoms with Gasteiger partial charge in [-0.05, 0) is 43.2 Å². The first kappa shape index (κ1) is 13.2. The maximum atomic E-state index is 4.24. The molecule has 0 saturated heterocycles. The van der Waals surface area contributed by atoms with Crippen LogP contribution in [0.1, 0.15) is 33.1 Å². The molecule has 3 unspecified atom stereocenters. The number of aromatic nitrogens is 3. The minimum atomic E-state index is 0.552. The highest BCUT2D eigenvalue weighted by molar-refractivity contribution is 5.61. The van der Waals surface area contributed by atoms with Crippen LogP contribution in [0.3, 0.4) is 0 Å². The number of nitrogens with zero attached hydrogens (tertiary/aromatic N) is 3. The van der Waals surface area contributed by atoms with Gasteiger partial charge in [-0.2, -0.15) is 5.10 Å². The predicted octanol–water partition coefficient (Wildman–Crippen LogP) is 3.50. The van der Waals surface area contributed by atoms with Crippen molar-refractivity contribution in [1.29, 1.82) is 0 Å². The average Bonchev–Trinajstić information content (AvgIpc) is 2.96. The van der Waals surface area contributed by atoms with Crippen LogP contribution in [0, 0.1) is 11.8 Å². The van der Waals surface area contributed by atoms with E-state index >= 15 is 0 Å². The summed E-state index contributed by atoms with van der Waals surface area (Å²) in [6.07, 6.45) is 7.18. The van der Waals surface area contributed by atoms with Crippen LogP contribution in [0.2, 0.25) is 0 Å². The highest BCUT2D eigenvalue weighted by atomic mass is 15.3. The molecular weight excluding hydrogens is 248 g/mol. The molecule has 0 spiro atoms. The third-order valence-electron chi connectivity index (χ3n) is 4.34. The maximum Gasteiger partial charge on any atom is 0.138 e. The van der Waals surface area contributed by atoms with E-state index in [4.69, 9.17) is 0 Å². The Balaban J connectivity index is 1.81. The van der Waals surface area contributed by atoms with Crippen LogP contribution < -0.4 is 5.32 Å². The molecule has 1 heterocycles. The molecule has 3 atom stereocenters. The molecule has 1 saturated carbocycles. The van der Waals surface area contributed by atoms with E-state index in [9.17, 15) is 0 Å². The van der Waals surface area contributed by atoms with Crippen LogP contribution in [0.15, 0.2) is 36.9 Å². The van der Waals surface area contributed by atoms with Gasteiger partial charge in [0, 0.05) is 6.04 Å². The van der Waals surface area contributed by atoms with E-state index in [1.54, 1.807) is 12.7 Å². The van der Waals surface area contributed by atoms with Gasteiger partial charge in [0.1, 0.15) is 12.7 Å². The van der Waals surface area contributed by atoms with Crippen molar-refractivity contribution in [3.8, 4) is 5.69 Å². The summed E-state index contributed by atoms with van der Waals surface area (Å²) >= 11 is 0. The molecule has 1 aromatic carbocycles. The minimum absolute atomic E-state index is 0.552. The Labute approximate surface area is 120 Å². The maximum absolute atomic E-state index is 4.24. The number of para-hydroxylation sites is 2. The summed E-state index contributed by atoms with van der Waals surface area (Å²) in [6.45, 7) is 4.71. The summed E-state index contributed by atoms with van der Waals surface area (Å²) in [5.41, 5.74) is 2.21. The van der Waals surface area contributed by atoms with Crippen molar-refractivity contribution in [3.63, 3.8) is 0 Å². The van der Waals surface area contributed by atoms with Crippen molar-refractivity contribution >= 4 is 5.69 Å². The monoisotopic (exact) mass is 270 g/mol. The zero-order valence-corrected chi connectivity index (χ0v) is 12.2. The van der Waals surface area contributed by atoms with E-state index < -0.39 is 0 Å². The van der Waals surface area contributed by atoms with Gasteiger partial charge in [0.25, 0.3) is 0 Å². The number of rotatable bonds is 3. The SMILES string of the molecule is CC1CCC(Nc2ccccc2-n2cncn2)C(C)C1. The highest BCUT2D eigenvalue weighted by Crippen LogP contribution is 2.32. The third kappa shape index (κ3) is 2.69. The lowest BCUT2D eigenvalue weighted by atomic mass is 9.80. The van der Waals surface area contributed by atoms with Gasteiger partial charge in [-0.25, -0.2) is 9.67 Å². The summed E-state index contributed by atoms with van der Waals surface area (Å²) in [6, 6.07) is 8.86. The Morgan fingerprint density at radius 1 is 1.20 bits per heavy atom. The van der Waals surface area contributed by atoms with Gasteiger partial charge in [0.05, 0.1) is 11.4 Å². The molecular formula is C16H22N4. The number of benzene rings is 1. The Morgan fingerprint density at radius 2 is 2.05 bits per heavy atom. The van der Waals surface area contributed by atoms with Crippen molar-refractivity contribution in [2.75, 3.05) is 5.32 Å². The summed E-state index contributed by atoms with van der Waals surface area (Å²) in [5, 5.41) is 7.96. The van der Waals surface area contributed by atoms with Crippen LogP contribution in [0.25, 0.3) is 5.69 Å². The van der Waals surface area contributed by atoms with E-state index in [1.807, 2.05) is 10.7 Å². The van der Waals surface area contributed by atoms with Gasteiger partial charge in [0.2, 0.25) is 0 Å². The first-order valence-electron chi connectivity index (χ1n) is 7.44. The summed E-state index contributed by atoms with van der Waals surface area (Å²) in [5.74, 6) is 1.57. The lowest BCUT2D eigenvalue weighted by Gasteiger charge is -2.34. The predicted molar refractivity (Wildman–Crippen MR) is 80.9 cm³/mol. The molecule has 1 aliphatic carbocycles. The fraction of sp³-hybridized carbons (Fsp3) is 0.500. The molecule has 106 valence electrons. The van der Waals surface area contributed by atoms with Crippen molar-refractivity contribution in [3.05, 3.63) is 36.9 Å². The van der Waals surface area contributed by atoms with Gasteiger partial charge in [-0.15, -0.1) is 0 Å². The summed E-state index contributed by atoms with van der Waals surface area (Å²) in [7, 11) is 0. The quantitative estimate of drug-likeness (QED) is 0.928. The Hall–Kier alpha value is -1.84. The molecule has 1 N–H and O–H groups in total. The molecule has 1 fully saturated rings. The Morgan fingerprint density at radius 3 is 2.80 bits per heavy atom. The van der Waals surface area contributed by atoms with E-state index in [-0.39, 0.29) is 0 Å². The first-order valence-corrected chi connectivity index (χ1v) is 7.44. The van der Waals surface area contributed by atoms with Crippen molar-refractivity contribution in [1.82, 2.24) is 14.8 Å². The lowest BCUT2D eigenvalue weighted by Crippen LogP contribution is -2.33. The molecule has 2 aromatic rings. The molecule has 0 aliphatic heterocycles. The van der Waals surface area contributed by atoms with E-state index in [2.05, 4.69) is 47.4 Å². The number of nitrogens with one attached hydrogen (secondary N) is 1. The van der Waals surface area contributed by atoms with Gasteiger partial charge in [-0.3, -0.25) is 0 Å². The van der Waals surface area contributed by atoms with Crippen LogP contribution in [-0.2, 0) is 0 Å². The third-order valence-corrected chi connectivity index (χ3v) is 4.34.